The third-order valence-electron chi connectivity index (χ3n) is 2.31. The molecule has 2 rings (SSSR count). The summed E-state index contributed by atoms with van der Waals surface area (Å²) in [5, 5.41) is 2.85. The third kappa shape index (κ3) is 10.9. The van der Waals surface area contributed by atoms with E-state index in [1.807, 2.05) is 96.1 Å². The summed E-state index contributed by atoms with van der Waals surface area (Å²) in [4.78, 5) is 11.9. The van der Waals surface area contributed by atoms with Gasteiger partial charge >= 0.3 is 0 Å². The second kappa shape index (κ2) is 16.0. The maximum Gasteiger partial charge on any atom is 0.255 e. The maximum absolute atomic E-state index is 11.9. The molecule has 0 heterocycles. The summed E-state index contributed by atoms with van der Waals surface area (Å²) < 4.78 is 0. The predicted molar refractivity (Wildman–Crippen MR) is 104 cm³/mol. The molecule has 0 aliphatic carbocycles. The highest BCUT2D eigenvalue weighted by Gasteiger charge is 2.04. The Balaban J connectivity index is 0. The number of benzene rings is 2. The Bertz CT molecular complexity index is 533. The number of aryl methyl sites for hydroxylation is 1. The van der Waals surface area contributed by atoms with Gasteiger partial charge in [0.05, 0.1) is 0 Å². The number of allylic oxidation sites excluding steroid dienone is 1. The van der Waals surface area contributed by atoms with Crippen LogP contribution in [0.3, 0.4) is 0 Å². The number of amides is 1. The van der Waals surface area contributed by atoms with E-state index in [4.69, 9.17) is 0 Å². The van der Waals surface area contributed by atoms with Crippen LogP contribution in [-0.4, -0.2) is 5.91 Å². The zero-order valence-corrected chi connectivity index (χ0v) is 15.4. The van der Waals surface area contributed by atoms with Crippen molar-refractivity contribution >= 4 is 11.6 Å². The highest BCUT2D eigenvalue weighted by molar-refractivity contribution is 6.04. The molecule has 0 radical (unpaired) electrons. The van der Waals surface area contributed by atoms with Crippen LogP contribution in [0.1, 0.15) is 50.5 Å². The van der Waals surface area contributed by atoms with E-state index < -0.39 is 0 Å². The fraction of sp³-hybridized carbons (Fsp3) is 0.286. The number of para-hydroxylation sites is 1. The van der Waals surface area contributed by atoms with Gasteiger partial charge in [-0.05, 0) is 38.1 Å². The van der Waals surface area contributed by atoms with Crippen molar-refractivity contribution in [1.82, 2.24) is 0 Å². The van der Waals surface area contributed by atoms with Crippen LogP contribution in [0, 0.1) is 6.92 Å². The number of nitrogens with one attached hydrogen (secondary N) is 1. The molecule has 0 spiro atoms. The molecule has 0 atom stereocenters. The Morgan fingerprint density at radius 2 is 1.48 bits per heavy atom. The van der Waals surface area contributed by atoms with Crippen LogP contribution in [0.4, 0.5) is 5.69 Å². The van der Waals surface area contributed by atoms with Crippen LogP contribution in [-0.2, 0) is 0 Å². The van der Waals surface area contributed by atoms with E-state index in [0.29, 0.717) is 5.56 Å². The number of rotatable bonds is 2. The minimum Gasteiger partial charge on any atom is -0.322 e. The Kier molecular flexibility index (Phi) is 16.0. The van der Waals surface area contributed by atoms with Gasteiger partial charge in [0.2, 0.25) is 0 Å². The first kappa shape index (κ1) is 22.9. The molecule has 23 heavy (non-hydrogen) atoms. The van der Waals surface area contributed by atoms with Gasteiger partial charge < -0.3 is 5.32 Å². The molecule has 0 fully saturated rings. The van der Waals surface area contributed by atoms with Crippen molar-refractivity contribution in [2.75, 3.05) is 5.32 Å². The summed E-state index contributed by atoms with van der Waals surface area (Å²) in [6.07, 6.45) is 1.75. The summed E-state index contributed by atoms with van der Waals surface area (Å²) in [5.41, 5.74) is 2.58. The maximum atomic E-state index is 11.9. The highest BCUT2D eigenvalue weighted by Crippen LogP contribution is 2.09. The van der Waals surface area contributed by atoms with Gasteiger partial charge in [-0.15, -0.1) is 6.58 Å². The van der Waals surface area contributed by atoms with Crippen LogP contribution in [0.25, 0.3) is 0 Å². The van der Waals surface area contributed by atoms with Gasteiger partial charge in [-0.2, -0.15) is 0 Å². The predicted octanol–water partition coefficient (Wildman–Crippen LogP) is 6.49. The van der Waals surface area contributed by atoms with Crippen molar-refractivity contribution in [3.05, 3.63) is 78.4 Å². The van der Waals surface area contributed by atoms with E-state index in [-0.39, 0.29) is 5.91 Å². The molecule has 0 saturated heterocycles. The summed E-state index contributed by atoms with van der Waals surface area (Å²) in [5.74, 6) is -0.0742. The Hall–Kier alpha value is -2.35. The topological polar surface area (TPSA) is 29.1 Å². The number of hydrogen-bond donors (Lipinski definition) is 1. The van der Waals surface area contributed by atoms with Crippen LogP contribution < -0.4 is 5.32 Å². The normalized spacial score (nSPS) is 7.91. The molecule has 0 saturated carbocycles. The molecule has 1 N–H and O–H groups in total. The fourth-order valence-corrected chi connectivity index (χ4v) is 1.51. The van der Waals surface area contributed by atoms with E-state index in [1.54, 1.807) is 6.08 Å². The monoisotopic (exact) mass is 313 g/mol. The molecule has 2 nitrogen and oxygen atoms in total. The molecular formula is C21H31NO. The standard InChI is InChI=1S/C14H13NO.C3H6.2C2H6/c1-11-6-5-7-12(10-11)14(16)15-13-8-3-2-4-9-13;1-3-2;2*1-2/h2-10H,1H3,(H,15,16);3H,1H2,2H3;2*1-2H3. The van der Waals surface area contributed by atoms with E-state index in [2.05, 4.69) is 11.9 Å². The zero-order valence-electron chi connectivity index (χ0n) is 15.4. The summed E-state index contributed by atoms with van der Waals surface area (Å²) in [7, 11) is 0. The molecule has 0 unspecified atom stereocenters. The molecule has 0 bridgehead atoms. The highest BCUT2D eigenvalue weighted by atomic mass is 16.1. The van der Waals surface area contributed by atoms with Crippen molar-refractivity contribution in [2.24, 2.45) is 0 Å². The average Bonchev–Trinajstić information content (AvgIpc) is 2.60. The van der Waals surface area contributed by atoms with Crippen molar-refractivity contribution in [3.8, 4) is 0 Å². The lowest BCUT2D eigenvalue weighted by Gasteiger charge is -2.05. The van der Waals surface area contributed by atoms with E-state index in [1.165, 1.54) is 0 Å². The minimum atomic E-state index is -0.0742. The molecule has 2 aromatic carbocycles. The average molecular weight is 313 g/mol. The third-order valence-corrected chi connectivity index (χ3v) is 2.31. The first-order chi connectivity index (χ1) is 11.2. The summed E-state index contributed by atoms with van der Waals surface area (Å²) in [6.45, 7) is 15.2. The van der Waals surface area contributed by atoms with Gasteiger partial charge in [0, 0.05) is 11.3 Å². The van der Waals surface area contributed by atoms with Gasteiger partial charge in [0.25, 0.3) is 5.91 Å². The van der Waals surface area contributed by atoms with Crippen molar-refractivity contribution in [2.45, 2.75) is 41.5 Å². The smallest absolute Gasteiger partial charge is 0.255 e. The first-order valence-corrected chi connectivity index (χ1v) is 8.17. The second-order valence-electron chi connectivity index (χ2n) is 4.10. The number of hydrogen-bond acceptors (Lipinski definition) is 1. The van der Waals surface area contributed by atoms with Gasteiger partial charge in [-0.3, -0.25) is 4.79 Å². The van der Waals surface area contributed by atoms with Crippen LogP contribution in [0.2, 0.25) is 0 Å². The largest absolute Gasteiger partial charge is 0.322 e. The quantitative estimate of drug-likeness (QED) is 0.630. The van der Waals surface area contributed by atoms with Crippen LogP contribution in [0.15, 0.2) is 67.3 Å². The molecule has 1 amide bonds. The SMILES string of the molecule is C=CC.CC.CC.Cc1cccc(C(=O)Nc2ccccc2)c1. The van der Waals surface area contributed by atoms with Gasteiger partial charge in [0.15, 0.2) is 0 Å². The molecule has 126 valence electrons. The molecule has 0 aliphatic rings. The van der Waals surface area contributed by atoms with Gasteiger partial charge in [0.1, 0.15) is 0 Å². The number of anilines is 1. The Labute approximate surface area is 142 Å². The van der Waals surface area contributed by atoms with Gasteiger partial charge in [-0.25, -0.2) is 0 Å². The lowest BCUT2D eigenvalue weighted by molar-refractivity contribution is 0.102. The number of carbonyl (C=O) groups is 1. The van der Waals surface area contributed by atoms with Crippen LogP contribution >= 0.6 is 0 Å². The van der Waals surface area contributed by atoms with Gasteiger partial charge in [-0.1, -0.05) is 69.7 Å². The van der Waals surface area contributed by atoms with E-state index >= 15 is 0 Å². The lowest BCUT2D eigenvalue weighted by Crippen LogP contribution is -2.11. The molecule has 2 heteroatoms. The molecule has 2 aromatic rings. The Morgan fingerprint density at radius 3 is 1.96 bits per heavy atom. The first-order valence-electron chi connectivity index (χ1n) is 8.17. The van der Waals surface area contributed by atoms with Crippen molar-refractivity contribution < 1.29 is 4.79 Å². The Morgan fingerprint density at radius 1 is 0.957 bits per heavy atom. The van der Waals surface area contributed by atoms with Crippen LogP contribution in [0.5, 0.6) is 0 Å². The molecular weight excluding hydrogens is 282 g/mol. The second-order valence-corrected chi connectivity index (χ2v) is 4.10. The molecule has 0 aromatic heterocycles. The molecule has 0 aliphatic heterocycles. The zero-order chi connectivity index (χ0) is 18.1. The summed E-state index contributed by atoms with van der Waals surface area (Å²) >= 11 is 0. The lowest BCUT2D eigenvalue weighted by atomic mass is 10.1. The van der Waals surface area contributed by atoms with E-state index in [9.17, 15) is 4.79 Å². The van der Waals surface area contributed by atoms with Crippen molar-refractivity contribution in [1.29, 1.82) is 0 Å². The fourth-order valence-electron chi connectivity index (χ4n) is 1.51. The van der Waals surface area contributed by atoms with E-state index in [0.717, 1.165) is 11.3 Å². The van der Waals surface area contributed by atoms with Crippen molar-refractivity contribution in [3.63, 3.8) is 0 Å². The minimum absolute atomic E-state index is 0.0742. The number of carbonyl (C=O) groups excluding carboxylic acids is 1. The summed E-state index contributed by atoms with van der Waals surface area (Å²) in [6, 6.07) is 17.0.